The van der Waals surface area contributed by atoms with Crippen LogP contribution in [0.4, 0.5) is 23.1 Å². The summed E-state index contributed by atoms with van der Waals surface area (Å²) in [7, 11) is 1.34. The number of carbonyl (C=O) groups is 1. The van der Waals surface area contributed by atoms with E-state index in [-0.39, 0.29) is 40.6 Å². The molecule has 0 saturated carbocycles. The Morgan fingerprint density at radius 3 is 2.83 bits per heavy atom. The van der Waals surface area contributed by atoms with Crippen molar-refractivity contribution in [1.29, 1.82) is 0 Å². The van der Waals surface area contributed by atoms with Crippen molar-refractivity contribution >= 4 is 41.2 Å². The zero-order chi connectivity index (χ0) is 17.7. The van der Waals surface area contributed by atoms with Gasteiger partial charge in [0.1, 0.15) is 5.69 Å². The van der Waals surface area contributed by atoms with Crippen molar-refractivity contribution in [1.82, 2.24) is 9.97 Å². The molecule has 0 spiro atoms. The van der Waals surface area contributed by atoms with Crippen LogP contribution in [0.1, 0.15) is 5.56 Å². The molecular formula is C13H13ClN6O4. The molecule has 2 rings (SSSR count). The minimum absolute atomic E-state index is 0.0154. The van der Waals surface area contributed by atoms with Gasteiger partial charge >= 0.3 is 5.69 Å². The van der Waals surface area contributed by atoms with E-state index in [1.807, 2.05) is 0 Å². The van der Waals surface area contributed by atoms with Gasteiger partial charge in [0.2, 0.25) is 12.4 Å². The molecule has 24 heavy (non-hydrogen) atoms. The van der Waals surface area contributed by atoms with Crippen LogP contribution >= 0.6 is 11.6 Å². The number of rotatable bonds is 7. The van der Waals surface area contributed by atoms with Crippen molar-refractivity contribution in [3.05, 3.63) is 39.0 Å². The van der Waals surface area contributed by atoms with Gasteiger partial charge in [-0.2, -0.15) is 9.97 Å². The van der Waals surface area contributed by atoms with E-state index in [4.69, 9.17) is 22.1 Å². The van der Waals surface area contributed by atoms with Crippen LogP contribution < -0.4 is 21.1 Å². The fraction of sp³-hybridized carbons (Fsp3) is 0.154. The number of hydrogen-bond acceptors (Lipinski definition) is 8. The number of nitrogens with zero attached hydrogens (tertiary/aromatic N) is 3. The Labute approximate surface area is 141 Å². The molecule has 11 heteroatoms. The summed E-state index contributed by atoms with van der Waals surface area (Å²) in [6, 6.07) is 4.42. The predicted octanol–water partition coefficient (Wildman–Crippen LogP) is 1.81. The summed E-state index contributed by atoms with van der Waals surface area (Å²) in [6.45, 7) is 0.231. The van der Waals surface area contributed by atoms with Crippen molar-refractivity contribution in [3.63, 3.8) is 0 Å². The van der Waals surface area contributed by atoms with E-state index in [2.05, 4.69) is 20.6 Å². The number of amides is 1. The number of nitrogens with one attached hydrogen (secondary N) is 2. The summed E-state index contributed by atoms with van der Waals surface area (Å²) in [6.07, 6.45) is 0.431. The molecule has 0 atom stereocenters. The SMILES string of the molecule is COc1cc(CNc2nc(N)nc(Cl)c2NC=O)ccc1[N+](=O)[O-]. The van der Waals surface area contributed by atoms with Crippen LogP contribution in [0.3, 0.4) is 0 Å². The molecule has 0 saturated heterocycles. The first kappa shape index (κ1) is 17.2. The van der Waals surface area contributed by atoms with E-state index in [0.29, 0.717) is 12.0 Å². The fourth-order valence-corrected chi connectivity index (χ4v) is 2.16. The molecule has 10 nitrogen and oxygen atoms in total. The van der Waals surface area contributed by atoms with Gasteiger partial charge in [-0.15, -0.1) is 0 Å². The van der Waals surface area contributed by atoms with Gasteiger partial charge in [-0.05, 0) is 11.6 Å². The molecule has 0 aliphatic heterocycles. The monoisotopic (exact) mass is 352 g/mol. The molecule has 1 aromatic carbocycles. The van der Waals surface area contributed by atoms with Crippen molar-refractivity contribution in [2.24, 2.45) is 0 Å². The summed E-state index contributed by atoms with van der Waals surface area (Å²) in [5.41, 5.74) is 6.25. The Bertz CT molecular complexity index is 785. The van der Waals surface area contributed by atoms with E-state index in [0.717, 1.165) is 0 Å². The van der Waals surface area contributed by atoms with Crippen LogP contribution in [0.5, 0.6) is 5.75 Å². The number of nitrogens with two attached hydrogens (primary N) is 1. The lowest BCUT2D eigenvalue weighted by Gasteiger charge is -2.12. The zero-order valence-corrected chi connectivity index (χ0v) is 13.2. The Morgan fingerprint density at radius 2 is 2.21 bits per heavy atom. The molecule has 0 aliphatic rings. The highest BCUT2D eigenvalue weighted by molar-refractivity contribution is 6.33. The number of methoxy groups -OCH3 is 1. The van der Waals surface area contributed by atoms with Gasteiger partial charge in [-0.3, -0.25) is 14.9 Å². The molecule has 1 heterocycles. The van der Waals surface area contributed by atoms with Gasteiger partial charge in [0.15, 0.2) is 16.7 Å². The molecule has 0 unspecified atom stereocenters. The number of nitrogen functional groups attached to an aromatic ring is 1. The maximum absolute atomic E-state index is 10.9. The number of nitro benzene ring substituents is 1. The zero-order valence-electron chi connectivity index (χ0n) is 12.4. The Balaban J connectivity index is 2.25. The largest absolute Gasteiger partial charge is 0.490 e. The first-order chi connectivity index (χ1) is 11.5. The lowest BCUT2D eigenvalue weighted by molar-refractivity contribution is -0.385. The third kappa shape index (κ3) is 3.79. The summed E-state index contributed by atoms with van der Waals surface area (Å²) < 4.78 is 5.01. The number of carbonyl (C=O) groups excluding carboxylic acids is 1. The van der Waals surface area contributed by atoms with Crippen LogP contribution in [0.25, 0.3) is 0 Å². The highest BCUT2D eigenvalue weighted by Crippen LogP contribution is 2.30. The Morgan fingerprint density at radius 1 is 1.46 bits per heavy atom. The first-order valence-electron chi connectivity index (χ1n) is 6.54. The number of hydrogen-bond donors (Lipinski definition) is 3. The van der Waals surface area contributed by atoms with Crippen molar-refractivity contribution in [2.75, 3.05) is 23.5 Å². The number of ether oxygens (including phenoxy) is 1. The van der Waals surface area contributed by atoms with E-state index in [9.17, 15) is 14.9 Å². The fourth-order valence-electron chi connectivity index (χ4n) is 1.93. The smallest absolute Gasteiger partial charge is 0.310 e. The van der Waals surface area contributed by atoms with Crippen LogP contribution in [0.15, 0.2) is 18.2 Å². The maximum Gasteiger partial charge on any atom is 0.310 e. The summed E-state index contributed by atoms with van der Waals surface area (Å²) in [5.74, 6) is 0.280. The number of nitro groups is 1. The Hall–Kier alpha value is -3.14. The predicted molar refractivity (Wildman–Crippen MR) is 88.1 cm³/mol. The van der Waals surface area contributed by atoms with E-state index in [1.165, 1.54) is 19.2 Å². The normalized spacial score (nSPS) is 10.1. The first-order valence-corrected chi connectivity index (χ1v) is 6.92. The topological polar surface area (TPSA) is 145 Å². The van der Waals surface area contributed by atoms with Gasteiger partial charge in [-0.25, -0.2) is 0 Å². The van der Waals surface area contributed by atoms with E-state index < -0.39 is 4.92 Å². The average molecular weight is 353 g/mol. The van der Waals surface area contributed by atoms with Crippen molar-refractivity contribution in [3.8, 4) is 5.75 Å². The molecule has 1 aromatic heterocycles. The molecule has 126 valence electrons. The number of anilines is 3. The van der Waals surface area contributed by atoms with Gasteiger partial charge in [0.25, 0.3) is 0 Å². The minimum Gasteiger partial charge on any atom is -0.490 e. The number of halogens is 1. The molecule has 4 N–H and O–H groups in total. The van der Waals surface area contributed by atoms with E-state index in [1.54, 1.807) is 6.07 Å². The molecule has 0 aliphatic carbocycles. The second-order valence-electron chi connectivity index (χ2n) is 4.48. The van der Waals surface area contributed by atoms with Crippen molar-refractivity contribution < 1.29 is 14.5 Å². The minimum atomic E-state index is -0.535. The molecular weight excluding hydrogens is 340 g/mol. The standard InChI is InChI=1S/C13H13ClN6O4/c1-24-9-4-7(2-3-8(9)20(22)23)5-16-12-10(17-6-21)11(14)18-13(15)19-12/h2-4,6H,5H2,1H3,(H,17,21)(H3,15,16,18,19). The lowest BCUT2D eigenvalue weighted by atomic mass is 10.2. The maximum atomic E-state index is 10.9. The van der Waals surface area contributed by atoms with Gasteiger partial charge < -0.3 is 21.1 Å². The second kappa shape index (κ2) is 7.42. The molecule has 1 amide bonds. The Kier molecular flexibility index (Phi) is 5.32. The third-order valence-electron chi connectivity index (χ3n) is 2.99. The molecule has 0 bridgehead atoms. The summed E-state index contributed by atoms with van der Waals surface area (Å²) in [5, 5.41) is 16.2. The van der Waals surface area contributed by atoms with Crippen molar-refractivity contribution in [2.45, 2.75) is 6.54 Å². The highest BCUT2D eigenvalue weighted by atomic mass is 35.5. The number of aromatic nitrogens is 2. The lowest BCUT2D eigenvalue weighted by Crippen LogP contribution is -2.09. The highest BCUT2D eigenvalue weighted by Gasteiger charge is 2.16. The molecule has 0 radical (unpaired) electrons. The molecule has 2 aromatic rings. The molecule has 0 fully saturated rings. The third-order valence-corrected chi connectivity index (χ3v) is 3.26. The quantitative estimate of drug-likeness (QED) is 0.296. The van der Waals surface area contributed by atoms with Crippen LogP contribution in [0, 0.1) is 10.1 Å². The second-order valence-corrected chi connectivity index (χ2v) is 4.83. The van der Waals surface area contributed by atoms with Crippen LogP contribution in [-0.2, 0) is 11.3 Å². The van der Waals surface area contributed by atoms with E-state index >= 15 is 0 Å². The van der Waals surface area contributed by atoms with Gasteiger partial charge in [-0.1, -0.05) is 17.7 Å². The number of benzene rings is 1. The van der Waals surface area contributed by atoms with Gasteiger partial charge in [0.05, 0.1) is 12.0 Å². The van der Waals surface area contributed by atoms with Gasteiger partial charge in [0, 0.05) is 12.6 Å². The summed E-state index contributed by atoms with van der Waals surface area (Å²) >= 11 is 5.91. The average Bonchev–Trinajstić information content (AvgIpc) is 2.55. The summed E-state index contributed by atoms with van der Waals surface area (Å²) in [4.78, 5) is 28.7. The van der Waals surface area contributed by atoms with Crippen LogP contribution in [0.2, 0.25) is 5.15 Å². The van der Waals surface area contributed by atoms with Crippen LogP contribution in [-0.4, -0.2) is 28.4 Å².